The van der Waals surface area contributed by atoms with Crippen LogP contribution < -0.4 is 4.74 Å². The van der Waals surface area contributed by atoms with Crippen LogP contribution in [0.25, 0.3) is 0 Å². The number of piperidine rings is 1. The molecule has 1 aromatic heterocycles. The van der Waals surface area contributed by atoms with E-state index >= 15 is 0 Å². The second-order valence-electron chi connectivity index (χ2n) is 9.90. The fourth-order valence-corrected chi connectivity index (χ4v) is 6.02. The van der Waals surface area contributed by atoms with Crippen molar-refractivity contribution in [1.82, 2.24) is 14.7 Å². The van der Waals surface area contributed by atoms with E-state index in [2.05, 4.69) is 40.1 Å². The van der Waals surface area contributed by atoms with Gasteiger partial charge in [0.15, 0.2) is 0 Å². The highest BCUT2D eigenvalue weighted by Crippen LogP contribution is 2.37. The molecule has 1 aromatic carbocycles. The van der Waals surface area contributed by atoms with E-state index in [0.717, 1.165) is 75.0 Å². The Morgan fingerprint density at radius 3 is 2.61 bits per heavy atom. The number of halogens is 1. The number of likely N-dealkylation sites (N-methyl/N-ethyl adjacent to an activating group) is 1. The SMILES string of the molecule is Cc1cc(OC[C@@]2(CC(=O)N3CCN(C)CC3)CCCN(Cc3sccc3C)C2)ccc1Cl. The molecule has 2 aromatic rings. The van der Waals surface area contributed by atoms with E-state index in [-0.39, 0.29) is 11.3 Å². The lowest BCUT2D eigenvalue weighted by Crippen LogP contribution is -2.52. The number of carbonyl (C=O) groups is 1. The minimum Gasteiger partial charge on any atom is -0.493 e. The molecule has 2 aliphatic heterocycles. The number of nitrogens with zero attached hydrogens (tertiary/aromatic N) is 3. The lowest BCUT2D eigenvalue weighted by atomic mass is 9.77. The van der Waals surface area contributed by atoms with Crippen LogP contribution in [-0.2, 0) is 11.3 Å². The molecule has 0 saturated carbocycles. The van der Waals surface area contributed by atoms with Gasteiger partial charge in [-0.15, -0.1) is 11.3 Å². The minimum atomic E-state index is -0.183. The third kappa shape index (κ3) is 6.30. The average Bonchev–Trinajstić information content (AvgIpc) is 3.19. The van der Waals surface area contributed by atoms with Crippen LogP contribution in [0.15, 0.2) is 29.6 Å². The molecular weight excluding hydrogens is 454 g/mol. The van der Waals surface area contributed by atoms with Gasteiger partial charge in [0.25, 0.3) is 0 Å². The molecule has 0 bridgehead atoms. The van der Waals surface area contributed by atoms with Crippen LogP contribution >= 0.6 is 22.9 Å². The monoisotopic (exact) mass is 489 g/mol. The molecule has 2 aliphatic rings. The summed E-state index contributed by atoms with van der Waals surface area (Å²) in [6.45, 7) is 11.2. The largest absolute Gasteiger partial charge is 0.493 e. The van der Waals surface area contributed by atoms with Gasteiger partial charge < -0.3 is 14.5 Å². The van der Waals surface area contributed by atoms with Crippen molar-refractivity contribution in [3.05, 3.63) is 50.7 Å². The summed E-state index contributed by atoms with van der Waals surface area (Å²) in [4.78, 5) is 21.7. The van der Waals surface area contributed by atoms with Crippen LogP contribution in [0.3, 0.4) is 0 Å². The second-order valence-corrected chi connectivity index (χ2v) is 11.3. The normalized spacial score (nSPS) is 22.5. The maximum Gasteiger partial charge on any atom is 0.223 e. The predicted octanol–water partition coefficient (Wildman–Crippen LogP) is 4.84. The maximum atomic E-state index is 13.4. The number of ether oxygens (including phenoxy) is 1. The summed E-state index contributed by atoms with van der Waals surface area (Å²) in [6, 6.07) is 8.01. The smallest absolute Gasteiger partial charge is 0.223 e. The van der Waals surface area contributed by atoms with Crippen molar-refractivity contribution in [3.8, 4) is 5.75 Å². The highest BCUT2D eigenvalue weighted by molar-refractivity contribution is 7.10. The molecule has 0 N–H and O–H groups in total. The fraction of sp³-hybridized carbons (Fsp3) is 0.577. The van der Waals surface area contributed by atoms with E-state index in [1.807, 2.05) is 36.5 Å². The Labute approximate surface area is 207 Å². The Morgan fingerprint density at radius 1 is 1.12 bits per heavy atom. The van der Waals surface area contributed by atoms with Gasteiger partial charge in [-0.3, -0.25) is 9.69 Å². The van der Waals surface area contributed by atoms with Crippen LogP contribution in [0.5, 0.6) is 5.75 Å². The Kier molecular flexibility index (Phi) is 8.00. The van der Waals surface area contributed by atoms with Gasteiger partial charge in [0.05, 0.1) is 6.61 Å². The molecule has 33 heavy (non-hydrogen) atoms. The first kappa shape index (κ1) is 24.5. The maximum absolute atomic E-state index is 13.4. The molecule has 180 valence electrons. The van der Waals surface area contributed by atoms with Crippen LogP contribution in [0.4, 0.5) is 0 Å². The zero-order valence-corrected chi connectivity index (χ0v) is 21.7. The number of thiophene rings is 1. The van der Waals surface area contributed by atoms with E-state index in [4.69, 9.17) is 16.3 Å². The second kappa shape index (κ2) is 10.8. The highest BCUT2D eigenvalue weighted by Gasteiger charge is 2.40. The summed E-state index contributed by atoms with van der Waals surface area (Å²) in [7, 11) is 2.12. The van der Waals surface area contributed by atoms with E-state index in [1.54, 1.807) is 0 Å². The van der Waals surface area contributed by atoms with Crippen molar-refractivity contribution in [2.24, 2.45) is 5.41 Å². The predicted molar refractivity (Wildman–Crippen MR) is 136 cm³/mol. The molecule has 0 aliphatic carbocycles. The van der Waals surface area contributed by atoms with E-state index in [1.165, 1.54) is 10.4 Å². The zero-order chi connectivity index (χ0) is 23.4. The standard InChI is InChI=1S/C26H36ClN3O2S/c1-20-7-14-33-24(20)17-29-9-4-8-26(18-29,16-25(31)30-12-10-28(3)11-13-30)19-32-22-5-6-23(27)21(2)15-22/h5-7,14-15H,4,8-13,16-19H2,1-3H3/t26-/m1/s1. The first-order valence-corrected chi connectivity index (χ1v) is 13.2. The lowest BCUT2D eigenvalue weighted by Gasteiger charge is -2.43. The molecule has 7 heteroatoms. The highest BCUT2D eigenvalue weighted by atomic mass is 35.5. The van der Waals surface area contributed by atoms with E-state index in [0.29, 0.717) is 13.0 Å². The number of aryl methyl sites for hydroxylation is 2. The van der Waals surface area contributed by atoms with E-state index in [9.17, 15) is 4.79 Å². The Bertz CT molecular complexity index is 957. The summed E-state index contributed by atoms with van der Waals surface area (Å²) in [5.74, 6) is 1.10. The van der Waals surface area contributed by atoms with Gasteiger partial charge in [-0.2, -0.15) is 0 Å². The molecule has 0 unspecified atom stereocenters. The van der Waals surface area contributed by atoms with Gasteiger partial charge in [-0.05, 0) is 81.1 Å². The molecule has 3 heterocycles. The minimum absolute atomic E-state index is 0.183. The van der Waals surface area contributed by atoms with Crippen molar-refractivity contribution in [2.75, 3.05) is 52.9 Å². The fourth-order valence-electron chi connectivity index (χ4n) is 4.96. The van der Waals surface area contributed by atoms with Crippen LogP contribution in [-0.4, -0.2) is 73.5 Å². The Morgan fingerprint density at radius 2 is 1.91 bits per heavy atom. The van der Waals surface area contributed by atoms with Crippen LogP contribution in [0.1, 0.15) is 35.3 Å². The van der Waals surface area contributed by atoms with Crippen molar-refractivity contribution >= 4 is 28.8 Å². The number of hydrogen-bond acceptors (Lipinski definition) is 5. The van der Waals surface area contributed by atoms with Crippen molar-refractivity contribution in [1.29, 1.82) is 0 Å². The van der Waals surface area contributed by atoms with Gasteiger partial charge in [-0.25, -0.2) is 0 Å². The van der Waals surface area contributed by atoms with Crippen LogP contribution in [0.2, 0.25) is 5.02 Å². The van der Waals surface area contributed by atoms with Crippen molar-refractivity contribution < 1.29 is 9.53 Å². The topological polar surface area (TPSA) is 36.0 Å². The Hall–Kier alpha value is -1.60. The number of hydrogen-bond donors (Lipinski definition) is 0. The number of rotatable bonds is 7. The third-order valence-electron chi connectivity index (χ3n) is 7.13. The summed E-state index contributed by atoms with van der Waals surface area (Å²) < 4.78 is 6.34. The number of piperazine rings is 1. The molecule has 2 fully saturated rings. The molecule has 4 rings (SSSR count). The zero-order valence-electron chi connectivity index (χ0n) is 20.1. The number of benzene rings is 1. The molecule has 1 amide bonds. The summed E-state index contributed by atoms with van der Waals surface area (Å²) >= 11 is 8.03. The van der Waals surface area contributed by atoms with Crippen molar-refractivity contribution in [2.45, 2.75) is 39.7 Å². The van der Waals surface area contributed by atoms with Crippen molar-refractivity contribution in [3.63, 3.8) is 0 Å². The quantitative estimate of drug-likeness (QED) is 0.557. The van der Waals surface area contributed by atoms with E-state index < -0.39 is 0 Å². The van der Waals surface area contributed by atoms with Gasteiger partial charge >= 0.3 is 0 Å². The number of carbonyl (C=O) groups excluding carboxylic acids is 1. The number of amides is 1. The third-order valence-corrected chi connectivity index (χ3v) is 8.56. The van der Waals surface area contributed by atoms with Gasteiger partial charge in [-0.1, -0.05) is 11.6 Å². The molecule has 2 saturated heterocycles. The van der Waals surface area contributed by atoms with Gasteiger partial charge in [0.1, 0.15) is 5.75 Å². The summed E-state index contributed by atoms with van der Waals surface area (Å²) in [6.07, 6.45) is 2.64. The first-order valence-electron chi connectivity index (χ1n) is 11.9. The summed E-state index contributed by atoms with van der Waals surface area (Å²) in [5.41, 5.74) is 2.19. The average molecular weight is 490 g/mol. The molecule has 1 atom stereocenters. The summed E-state index contributed by atoms with van der Waals surface area (Å²) in [5, 5.41) is 2.92. The molecule has 0 radical (unpaired) electrons. The van der Waals surface area contributed by atoms with Gasteiger partial charge in [0.2, 0.25) is 5.91 Å². The Balaban J connectivity index is 1.49. The van der Waals surface area contributed by atoms with Gasteiger partial charge in [0, 0.05) is 61.0 Å². The number of likely N-dealkylation sites (tertiary alicyclic amines) is 1. The van der Waals surface area contributed by atoms with Crippen LogP contribution in [0, 0.1) is 19.3 Å². The first-order chi connectivity index (χ1) is 15.8. The molecular formula is C26H36ClN3O2S. The molecule has 0 spiro atoms. The molecule has 5 nitrogen and oxygen atoms in total. The lowest BCUT2D eigenvalue weighted by molar-refractivity contribution is -0.137.